The Morgan fingerprint density at radius 1 is 1.17 bits per heavy atom. The fraction of sp³-hybridized carbons (Fsp3) is 0.409. The highest BCUT2D eigenvalue weighted by molar-refractivity contribution is 7.27. The lowest BCUT2D eigenvalue weighted by atomic mass is 9.85. The Bertz CT molecular complexity index is 963. The number of ether oxygens (including phenoxy) is 1. The molecule has 1 aliphatic carbocycles. The highest BCUT2D eigenvalue weighted by atomic mass is 31.0. The van der Waals surface area contributed by atoms with Gasteiger partial charge < -0.3 is 16.2 Å². The number of Topliss-reactive ketones (excluding diaryl/α,β-unsaturated/α-hetero) is 1. The van der Waals surface area contributed by atoms with Gasteiger partial charge in [-0.15, -0.1) is 14.1 Å². The molecule has 4 atom stereocenters. The van der Waals surface area contributed by atoms with E-state index in [0.29, 0.717) is 42.7 Å². The first kappa shape index (κ1) is 21.1. The van der Waals surface area contributed by atoms with Gasteiger partial charge >= 0.3 is 0 Å². The van der Waals surface area contributed by atoms with Crippen LogP contribution in [0, 0.1) is 11.8 Å². The van der Waals surface area contributed by atoms with E-state index < -0.39 is 11.1 Å². The maximum Gasteiger partial charge on any atom is 0.176 e. The number of nitrogens with two attached hydrogens (primary N) is 2. The molecule has 2 aromatic rings. The molecule has 1 aliphatic heterocycles. The van der Waals surface area contributed by atoms with Crippen LogP contribution in [-0.4, -0.2) is 47.5 Å². The minimum Gasteiger partial charge on any atom is -0.490 e. The molecule has 2 aliphatic rings. The summed E-state index contributed by atoms with van der Waals surface area (Å²) in [5.74, 6) is 0.794. The average Bonchev–Trinajstić information content (AvgIpc) is 3.06. The largest absolute Gasteiger partial charge is 0.490 e. The summed E-state index contributed by atoms with van der Waals surface area (Å²) >= 11 is 0. The van der Waals surface area contributed by atoms with Gasteiger partial charge in [0.1, 0.15) is 17.5 Å². The quantitative estimate of drug-likeness (QED) is 0.415. The lowest BCUT2D eigenvalue weighted by molar-refractivity contribution is 0.0934. The van der Waals surface area contributed by atoms with Crippen molar-refractivity contribution in [2.75, 3.05) is 19.6 Å². The van der Waals surface area contributed by atoms with Gasteiger partial charge in [0.05, 0.1) is 17.6 Å². The van der Waals surface area contributed by atoms with Crippen LogP contribution in [0.1, 0.15) is 28.8 Å². The van der Waals surface area contributed by atoms with Crippen LogP contribution < -0.4 is 21.5 Å². The van der Waals surface area contributed by atoms with Gasteiger partial charge in [-0.25, -0.2) is 0 Å². The van der Waals surface area contributed by atoms with Gasteiger partial charge in [-0.05, 0) is 53.3 Å². The van der Waals surface area contributed by atoms with Crippen LogP contribution in [0.4, 0.5) is 5.69 Å². The molecule has 0 radical (unpaired) electrons. The first-order valence-corrected chi connectivity index (χ1v) is 10.6. The van der Waals surface area contributed by atoms with E-state index in [9.17, 15) is 9.70 Å². The summed E-state index contributed by atoms with van der Waals surface area (Å²) in [6.07, 6.45) is 1.25. The van der Waals surface area contributed by atoms with E-state index in [1.165, 1.54) is 0 Å². The first-order chi connectivity index (χ1) is 14.2. The number of rotatable bonds is 6. The van der Waals surface area contributed by atoms with E-state index in [0.717, 1.165) is 11.1 Å². The number of ketones is 1. The molecule has 0 amide bonds. The Labute approximate surface area is 178 Å². The normalized spacial score (nSPS) is 28.3. The standard InChI is InChI=1S/C22H27N4O3P/c1-14-8-15(2-7-19(14)25-28)20(27)11-26-12-21(23)9-17(10-22(21,24)13-26)29-16-3-5-18(30)6-4-16/h2-8,17H,9-13,23-24,30H2,1H3/t17-,21+,22-. The molecule has 0 bridgehead atoms. The van der Waals surface area contributed by atoms with Crippen molar-refractivity contribution in [1.29, 1.82) is 0 Å². The predicted octanol–water partition coefficient (Wildman–Crippen LogP) is 2.03. The monoisotopic (exact) mass is 426 g/mol. The number of hydrogen-bond acceptors (Lipinski definition) is 7. The molecule has 158 valence electrons. The van der Waals surface area contributed by atoms with E-state index in [4.69, 9.17) is 16.2 Å². The second-order valence-corrected chi connectivity index (χ2v) is 9.36. The molecular weight excluding hydrogens is 399 g/mol. The molecule has 4 rings (SSSR count). The van der Waals surface area contributed by atoms with Gasteiger partial charge in [0.15, 0.2) is 5.78 Å². The van der Waals surface area contributed by atoms with Crippen molar-refractivity contribution in [3.05, 3.63) is 58.5 Å². The molecule has 1 unspecified atom stereocenters. The number of aryl methyl sites for hydroxylation is 1. The first-order valence-electron chi connectivity index (χ1n) is 10.0. The van der Waals surface area contributed by atoms with Crippen LogP contribution in [-0.2, 0) is 0 Å². The van der Waals surface area contributed by atoms with Crippen molar-refractivity contribution in [2.24, 2.45) is 16.6 Å². The van der Waals surface area contributed by atoms with Crippen LogP contribution >= 0.6 is 9.24 Å². The van der Waals surface area contributed by atoms with Crippen molar-refractivity contribution in [3.63, 3.8) is 0 Å². The minimum absolute atomic E-state index is 0.0203. The topological polar surface area (TPSA) is 111 Å². The van der Waals surface area contributed by atoms with Gasteiger partial charge in [0.2, 0.25) is 0 Å². The molecule has 0 aromatic heterocycles. The van der Waals surface area contributed by atoms with Gasteiger partial charge in [-0.1, -0.05) is 12.1 Å². The van der Waals surface area contributed by atoms with E-state index >= 15 is 0 Å². The summed E-state index contributed by atoms with van der Waals surface area (Å²) in [6, 6.07) is 12.8. The van der Waals surface area contributed by atoms with Gasteiger partial charge in [-0.3, -0.25) is 9.69 Å². The lowest BCUT2D eigenvalue weighted by Crippen LogP contribution is -2.61. The molecule has 2 fully saturated rings. The summed E-state index contributed by atoms with van der Waals surface area (Å²) in [6.45, 7) is 3.11. The van der Waals surface area contributed by atoms with Crippen molar-refractivity contribution in [2.45, 2.75) is 36.9 Å². The highest BCUT2D eigenvalue weighted by Crippen LogP contribution is 2.43. The van der Waals surface area contributed by atoms with Gasteiger partial charge in [-0.2, -0.15) is 0 Å². The molecule has 4 N–H and O–H groups in total. The number of nitroso groups, excluding NO2 is 1. The summed E-state index contributed by atoms with van der Waals surface area (Å²) in [7, 11) is 2.65. The molecule has 0 spiro atoms. The molecule has 8 heteroatoms. The van der Waals surface area contributed by atoms with E-state index in [2.05, 4.69) is 14.4 Å². The zero-order valence-corrected chi connectivity index (χ0v) is 18.2. The summed E-state index contributed by atoms with van der Waals surface area (Å²) < 4.78 is 6.13. The zero-order valence-electron chi connectivity index (χ0n) is 17.0. The predicted molar refractivity (Wildman–Crippen MR) is 121 cm³/mol. The van der Waals surface area contributed by atoms with Crippen molar-refractivity contribution in [1.82, 2.24) is 4.90 Å². The lowest BCUT2D eigenvalue weighted by Gasteiger charge is -2.31. The molecule has 1 saturated heterocycles. The second kappa shape index (κ2) is 7.82. The number of likely N-dealkylation sites (tertiary alicyclic amines) is 1. The van der Waals surface area contributed by atoms with Crippen LogP contribution in [0.5, 0.6) is 5.75 Å². The molecule has 30 heavy (non-hydrogen) atoms. The summed E-state index contributed by atoms with van der Waals surface area (Å²) in [5.41, 5.74) is 13.9. The third kappa shape index (κ3) is 3.91. The third-order valence-electron chi connectivity index (χ3n) is 6.35. The SMILES string of the molecule is Cc1cc(C(=O)CN2C[C@]3(N)C[C@H](Oc4ccc(P)cc4)C[C@]3(N)C2)ccc1N=O. The number of nitrogens with zero attached hydrogens (tertiary/aromatic N) is 2. The summed E-state index contributed by atoms with van der Waals surface area (Å²) in [5, 5.41) is 4.05. The molecule has 1 heterocycles. The van der Waals surface area contributed by atoms with Crippen LogP contribution in [0.15, 0.2) is 47.6 Å². The van der Waals surface area contributed by atoms with Crippen molar-refractivity contribution in [3.8, 4) is 5.75 Å². The van der Waals surface area contributed by atoms with Gasteiger partial charge in [0, 0.05) is 31.5 Å². The number of fused-ring (bicyclic) bond motifs is 1. The Kier molecular flexibility index (Phi) is 5.49. The number of carbonyl (C=O) groups excluding carboxylic acids is 1. The average molecular weight is 426 g/mol. The maximum absolute atomic E-state index is 12.8. The Balaban J connectivity index is 1.40. The smallest absolute Gasteiger partial charge is 0.176 e. The molecule has 1 saturated carbocycles. The van der Waals surface area contributed by atoms with Crippen LogP contribution in [0.25, 0.3) is 0 Å². The molecule has 2 aromatic carbocycles. The van der Waals surface area contributed by atoms with Crippen molar-refractivity contribution >= 4 is 26.0 Å². The maximum atomic E-state index is 12.8. The summed E-state index contributed by atoms with van der Waals surface area (Å²) in [4.78, 5) is 25.5. The third-order valence-corrected chi connectivity index (χ3v) is 6.74. The van der Waals surface area contributed by atoms with Gasteiger partial charge in [0.25, 0.3) is 0 Å². The van der Waals surface area contributed by atoms with E-state index in [-0.39, 0.29) is 18.4 Å². The molecular formula is C22H27N4O3P. The Morgan fingerprint density at radius 3 is 2.37 bits per heavy atom. The number of benzene rings is 2. The van der Waals surface area contributed by atoms with E-state index in [1.54, 1.807) is 25.1 Å². The van der Waals surface area contributed by atoms with Crippen LogP contribution in [0.2, 0.25) is 0 Å². The second-order valence-electron chi connectivity index (χ2n) is 8.69. The number of carbonyl (C=O) groups is 1. The fourth-order valence-corrected chi connectivity index (χ4v) is 4.94. The molecule has 7 nitrogen and oxygen atoms in total. The minimum atomic E-state index is -0.598. The highest BCUT2D eigenvalue weighted by Gasteiger charge is 2.60. The number of hydrogen-bond donors (Lipinski definition) is 2. The zero-order chi connectivity index (χ0) is 21.5. The van der Waals surface area contributed by atoms with Crippen molar-refractivity contribution < 1.29 is 9.53 Å². The Hall–Kier alpha value is -2.18. The fourth-order valence-electron chi connectivity index (χ4n) is 4.75. The Morgan fingerprint density at radius 2 is 1.80 bits per heavy atom. The van der Waals surface area contributed by atoms with E-state index in [1.807, 2.05) is 29.2 Å². The van der Waals surface area contributed by atoms with Crippen LogP contribution in [0.3, 0.4) is 0 Å².